The first-order chi connectivity index (χ1) is 5.97. The Balaban J connectivity index is 2.61. The molecule has 0 aromatic heterocycles. The van der Waals surface area contributed by atoms with Gasteiger partial charge in [-0.2, -0.15) is 0 Å². The van der Waals surface area contributed by atoms with Gasteiger partial charge in [-0.1, -0.05) is 6.92 Å². The van der Waals surface area contributed by atoms with Gasteiger partial charge in [0, 0.05) is 12.5 Å². The predicted octanol–water partition coefficient (Wildman–Crippen LogP) is 0.0882. The Bertz CT molecular complexity index is 297. The van der Waals surface area contributed by atoms with Crippen LogP contribution in [-0.2, 0) is 14.6 Å². The average molecular weight is 205 g/mol. The van der Waals surface area contributed by atoms with Gasteiger partial charge in [0.25, 0.3) is 0 Å². The zero-order chi connectivity index (χ0) is 10.1. The van der Waals surface area contributed by atoms with Crippen LogP contribution in [0.1, 0.15) is 26.7 Å². The van der Waals surface area contributed by atoms with Gasteiger partial charge in [-0.05, 0) is 13.3 Å². The van der Waals surface area contributed by atoms with E-state index in [1.54, 1.807) is 13.8 Å². The minimum Gasteiger partial charge on any atom is -0.352 e. The van der Waals surface area contributed by atoms with E-state index < -0.39 is 15.1 Å². The Morgan fingerprint density at radius 3 is 2.54 bits per heavy atom. The summed E-state index contributed by atoms with van der Waals surface area (Å²) < 4.78 is 22.6. The summed E-state index contributed by atoms with van der Waals surface area (Å²) in [6, 6.07) is -0.183. The monoisotopic (exact) mass is 205 g/mol. The Hall–Kier alpha value is -0.580. The van der Waals surface area contributed by atoms with Gasteiger partial charge in [-0.15, -0.1) is 0 Å². The highest BCUT2D eigenvalue weighted by molar-refractivity contribution is 7.92. The molecule has 13 heavy (non-hydrogen) atoms. The third-order valence-corrected chi connectivity index (χ3v) is 4.78. The predicted molar refractivity (Wildman–Crippen MR) is 50.1 cm³/mol. The molecular weight excluding hydrogens is 190 g/mol. The second-order valence-electron chi connectivity index (χ2n) is 3.39. The molecule has 1 rings (SSSR count). The first-order valence-corrected chi connectivity index (χ1v) is 6.20. The Morgan fingerprint density at radius 2 is 2.15 bits per heavy atom. The molecule has 0 spiro atoms. The molecule has 1 heterocycles. The molecule has 1 aliphatic heterocycles. The number of hydrogen-bond acceptors (Lipinski definition) is 3. The lowest BCUT2D eigenvalue weighted by Gasteiger charge is -2.15. The van der Waals surface area contributed by atoms with Crippen LogP contribution in [0, 0.1) is 0 Å². The molecule has 1 amide bonds. The van der Waals surface area contributed by atoms with Gasteiger partial charge in [0.05, 0.1) is 11.0 Å². The highest BCUT2D eigenvalue weighted by Crippen LogP contribution is 2.20. The van der Waals surface area contributed by atoms with Crippen LogP contribution in [0.2, 0.25) is 0 Å². The van der Waals surface area contributed by atoms with Gasteiger partial charge in [-0.25, -0.2) is 8.42 Å². The molecule has 5 heteroatoms. The molecular formula is C8H15NO3S. The van der Waals surface area contributed by atoms with Crippen LogP contribution in [0.25, 0.3) is 0 Å². The molecule has 0 radical (unpaired) electrons. The lowest BCUT2D eigenvalue weighted by Crippen LogP contribution is -2.40. The van der Waals surface area contributed by atoms with Crippen LogP contribution in [0.4, 0.5) is 0 Å². The van der Waals surface area contributed by atoms with Crippen LogP contribution >= 0.6 is 0 Å². The number of sulfone groups is 1. The summed E-state index contributed by atoms with van der Waals surface area (Å²) >= 11 is 0. The van der Waals surface area contributed by atoms with Crippen LogP contribution < -0.4 is 5.32 Å². The van der Waals surface area contributed by atoms with E-state index in [0.717, 1.165) is 0 Å². The summed E-state index contributed by atoms with van der Waals surface area (Å²) in [7, 11) is -2.94. The van der Waals surface area contributed by atoms with Crippen molar-refractivity contribution in [2.75, 3.05) is 5.75 Å². The second-order valence-corrected chi connectivity index (χ2v) is 5.87. The number of amides is 1. The molecule has 1 N–H and O–H groups in total. The lowest BCUT2D eigenvalue weighted by molar-refractivity contribution is -0.121. The van der Waals surface area contributed by atoms with Gasteiger partial charge in [0.1, 0.15) is 0 Å². The van der Waals surface area contributed by atoms with Gasteiger partial charge < -0.3 is 5.32 Å². The van der Waals surface area contributed by atoms with E-state index in [9.17, 15) is 13.2 Å². The van der Waals surface area contributed by atoms with E-state index in [1.165, 1.54) is 0 Å². The average Bonchev–Trinajstić information content (AvgIpc) is 2.32. The highest BCUT2D eigenvalue weighted by Gasteiger charge is 2.37. The standard InChI is InChI=1S/C8H15NO3S/c1-3-8(10)9-7-4-5-13(11,12)6(7)2/h6-7H,3-5H2,1-2H3,(H,9,10). The maximum absolute atomic E-state index is 11.3. The summed E-state index contributed by atoms with van der Waals surface area (Å²) in [4.78, 5) is 11.0. The Labute approximate surface area is 78.6 Å². The zero-order valence-corrected chi connectivity index (χ0v) is 8.73. The Kier molecular flexibility index (Phi) is 2.95. The van der Waals surface area contributed by atoms with Crippen LogP contribution in [0.15, 0.2) is 0 Å². The summed E-state index contributed by atoms with van der Waals surface area (Å²) in [6.45, 7) is 3.41. The lowest BCUT2D eigenvalue weighted by atomic mass is 10.1. The molecule has 0 bridgehead atoms. The molecule has 76 valence electrons. The maximum atomic E-state index is 11.3. The van der Waals surface area contributed by atoms with E-state index in [2.05, 4.69) is 5.32 Å². The van der Waals surface area contributed by atoms with Gasteiger partial charge in [0.2, 0.25) is 5.91 Å². The van der Waals surface area contributed by atoms with Gasteiger partial charge in [0.15, 0.2) is 9.84 Å². The zero-order valence-electron chi connectivity index (χ0n) is 7.91. The number of nitrogens with one attached hydrogen (secondary N) is 1. The van der Waals surface area contributed by atoms with Crippen molar-refractivity contribution in [1.29, 1.82) is 0 Å². The van der Waals surface area contributed by atoms with Crippen LogP contribution in [0.5, 0.6) is 0 Å². The second kappa shape index (κ2) is 3.65. The summed E-state index contributed by atoms with van der Waals surface area (Å²) in [6.07, 6.45) is 0.957. The fraction of sp³-hybridized carbons (Fsp3) is 0.875. The maximum Gasteiger partial charge on any atom is 0.219 e. The number of carbonyl (C=O) groups excluding carboxylic acids is 1. The summed E-state index contributed by atoms with van der Waals surface area (Å²) in [5.41, 5.74) is 0. The normalized spacial score (nSPS) is 31.5. The van der Waals surface area contributed by atoms with Crippen molar-refractivity contribution in [2.45, 2.75) is 38.0 Å². The molecule has 0 saturated carbocycles. The van der Waals surface area contributed by atoms with E-state index in [0.29, 0.717) is 12.8 Å². The van der Waals surface area contributed by atoms with E-state index >= 15 is 0 Å². The van der Waals surface area contributed by atoms with Crippen molar-refractivity contribution < 1.29 is 13.2 Å². The number of carbonyl (C=O) groups is 1. The van der Waals surface area contributed by atoms with Crippen molar-refractivity contribution in [3.05, 3.63) is 0 Å². The number of rotatable bonds is 2. The van der Waals surface area contributed by atoms with Crippen molar-refractivity contribution in [1.82, 2.24) is 5.32 Å². The summed E-state index contributed by atoms with van der Waals surface area (Å²) in [5, 5.41) is 2.29. The molecule has 2 unspecified atom stereocenters. The SMILES string of the molecule is CCC(=O)NC1CCS(=O)(=O)C1C. The molecule has 0 aliphatic carbocycles. The fourth-order valence-electron chi connectivity index (χ4n) is 1.46. The van der Waals surface area contributed by atoms with E-state index in [-0.39, 0.29) is 17.7 Å². The topological polar surface area (TPSA) is 63.2 Å². The molecule has 1 aliphatic rings. The molecule has 1 fully saturated rings. The molecule has 0 aromatic carbocycles. The first-order valence-electron chi connectivity index (χ1n) is 4.48. The van der Waals surface area contributed by atoms with Gasteiger partial charge in [-0.3, -0.25) is 4.79 Å². The van der Waals surface area contributed by atoms with Gasteiger partial charge >= 0.3 is 0 Å². The Morgan fingerprint density at radius 1 is 1.54 bits per heavy atom. The minimum absolute atomic E-state index is 0.0750. The van der Waals surface area contributed by atoms with Crippen LogP contribution in [0.3, 0.4) is 0 Å². The van der Waals surface area contributed by atoms with E-state index in [1.807, 2.05) is 0 Å². The van der Waals surface area contributed by atoms with Crippen molar-refractivity contribution in [2.24, 2.45) is 0 Å². The fourth-order valence-corrected chi connectivity index (χ4v) is 3.12. The quantitative estimate of drug-likeness (QED) is 0.695. The minimum atomic E-state index is -2.94. The molecule has 1 saturated heterocycles. The molecule has 2 atom stereocenters. The third-order valence-electron chi connectivity index (χ3n) is 2.51. The summed E-state index contributed by atoms with van der Waals surface area (Å²) in [5.74, 6) is 0.122. The largest absolute Gasteiger partial charge is 0.352 e. The van der Waals surface area contributed by atoms with Crippen molar-refractivity contribution in [3.8, 4) is 0 Å². The van der Waals surface area contributed by atoms with Crippen molar-refractivity contribution >= 4 is 15.7 Å². The molecule has 4 nitrogen and oxygen atoms in total. The third kappa shape index (κ3) is 2.21. The van der Waals surface area contributed by atoms with E-state index in [4.69, 9.17) is 0 Å². The molecule has 0 aromatic rings. The first kappa shape index (κ1) is 10.5. The van der Waals surface area contributed by atoms with Crippen molar-refractivity contribution in [3.63, 3.8) is 0 Å². The van der Waals surface area contributed by atoms with Crippen LogP contribution in [-0.4, -0.2) is 31.4 Å². The number of hydrogen-bond donors (Lipinski definition) is 1. The smallest absolute Gasteiger partial charge is 0.219 e. The highest BCUT2D eigenvalue weighted by atomic mass is 32.2.